The van der Waals surface area contributed by atoms with Crippen LogP contribution in [0.25, 0.3) is 0 Å². The lowest BCUT2D eigenvalue weighted by molar-refractivity contribution is -0.117. The molecule has 1 heteroatoms. The molecule has 0 aliphatic rings. The van der Waals surface area contributed by atoms with Crippen LogP contribution in [0.4, 0.5) is 0 Å². The standard InChI is InChI=1S/C21H42O/c1-17(13-9-15-19(3)21(5,6)7)11-8-12-18(2)14-10-16-20(4)22/h17-19H,8-16H2,1-7H3. The average Bonchev–Trinajstić information content (AvgIpc) is 2.37. The molecule has 0 saturated carbocycles. The summed E-state index contributed by atoms with van der Waals surface area (Å²) in [7, 11) is 0. The minimum Gasteiger partial charge on any atom is -0.300 e. The van der Waals surface area contributed by atoms with E-state index in [4.69, 9.17) is 0 Å². The highest BCUT2D eigenvalue weighted by Crippen LogP contribution is 2.30. The first-order valence-electron chi connectivity index (χ1n) is 9.62. The molecule has 0 aromatic heterocycles. The number of Topliss-reactive ketones (excluding diaryl/α,β-unsaturated/α-hetero) is 1. The molecule has 0 rings (SSSR count). The molecule has 0 heterocycles. The molecule has 0 aliphatic carbocycles. The maximum atomic E-state index is 10.9. The van der Waals surface area contributed by atoms with Crippen molar-refractivity contribution in [1.82, 2.24) is 0 Å². The van der Waals surface area contributed by atoms with Crippen molar-refractivity contribution in [3.05, 3.63) is 0 Å². The number of rotatable bonds is 12. The third-order valence-electron chi connectivity index (χ3n) is 5.43. The Balaban J connectivity index is 3.61. The third-order valence-corrected chi connectivity index (χ3v) is 5.43. The fraction of sp³-hybridized carbons (Fsp3) is 0.952. The summed E-state index contributed by atoms with van der Waals surface area (Å²) < 4.78 is 0. The van der Waals surface area contributed by atoms with Crippen LogP contribution in [0.2, 0.25) is 0 Å². The van der Waals surface area contributed by atoms with Crippen LogP contribution in [0.1, 0.15) is 106 Å². The monoisotopic (exact) mass is 310 g/mol. The lowest BCUT2D eigenvalue weighted by Gasteiger charge is -2.27. The maximum absolute atomic E-state index is 10.9. The second-order valence-corrected chi connectivity index (χ2v) is 8.93. The molecular formula is C21H42O. The second-order valence-electron chi connectivity index (χ2n) is 8.93. The summed E-state index contributed by atoms with van der Waals surface area (Å²) in [5, 5.41) is 0. The molecule has 22 heavy (non-hydrogen) atoms. The fourth-order valence-corrected chi connectivity index (χ4v) is 3.01. The predicted molar refractivity (Wildman–Crippen MR) is 99.2 cm³/mol. The number of hydrogen-bond donors (Lipinski definition) is 0. The van der Waals surface area contributed by atoms with Crippen LogP contribution in [0.3, 0.4) is 0 Å². The molecule has 0 fully saturated rings. The first kappa shape index (κ1) is 21.7. The molecule has 0 spiro atoms. The van der Waals surface area contributed by atoms with Crippen molar-refractivity contribution < 1.29 is 4.79 Å². The van der Waals surface area contributed by atoms with Gasteiger partial charge in [0.2, 0.25) is 0 Å². The number of hydrogen-bond acceptors (Lipinski definition) is 1. The maximum Gasteiger partial charge on any atom is 0.129 e. The second kappa shape index (κ2) is 11.2. The summed E-state index contributed by atoms with van der Waals surface area (Å²) in [6, 6.07) is 0. The lowest BCUT2D eigenvalue weighted by Crippen LogP contribution is -2.17. The van der Waals surface area contributed by atoms with Gasteiger partial charge in [0.25, 0.3) is 0 Å². The van der Waals surface area contributed by atoms with Crippen molar-refractivity contribution in [3.63, 3.8) is 0 Å². The summed E-state index contributed by atoms with van der Waals surface area (Å²) in [6.45, 7) is 15.9. The van der Waals surface area contributed by atoms with Gasteiger partial charge >= 0.3 is 0 Å². The van der Waals surface area contributed by atoms with E-state index in [0.29, 0.717) is 11.2 Å². The van der Waals surface area contributed by atoms with Crippen molar-refractivity contribution in [3.8, 4) is 0 Å². The van der Waals surface area contributed by atoms with Gasteiger partial charge in [-0.1, -0.05) is 86.5 Å². The van der Waals surface area contributed by atoms with Gasteiger partial charge in [0.1, 0.15) is 5.78 Å². The van der Waals surface area contributed by atoms with Gasteiger partial charge in [-0.25, -0.2) is 0 Å². The zero-order valence-electron chi connectivity index (χ0n) is 16.5. The Morgan fingerprint density at radius 3 is 1.59 bits per heavy atom. The van der Waals surface area contributed by atoms with E-state index < -0.39 is 0 Å². The van der Waals surface area contributed by atoms with E-state index >= 15 is 0 Å². The smallest absolute Gasteiger partial charge is 0.129 e. The third kappa shape index (κ3) is 12.2. The van der Waals surface area contributed by atoms with Crippen LogP contribution < -0.4 is 0 Å². The van der Waals surface area contributed by atoms with Crippen LogP contribution in [0.5, 0.6) is 0 Å². The fourth-order valence-electron chi connectivity index (χ4n) is 3.01. The quantitative estimate of drug-likeness (QED) is 0.378. The highest BCUT2D eigenvalue weighted by Gasteiger charge is 2.19. The van der Waals surface area contributed by atoms with E-state index in [2.05, 4.69) is 41.5 Å². The first-order valence-corrected chi connectivity index (χ1v) is 9.62. The zero-order chi connectivity index (χ0) is 17.2. The Hall–Kier alpha value is -0.330. The van der Waals surface area contributed by atoms with Gasteiger partial charge in [0, 0.05) is 6.42 Å². The van der Waals surface area contributed by atoms with Crippen LogP contribution in [0, 0.1) is 23.2 Å². The van der Waals surface area contributed by atoms with E-state index in [1.165, 1.54) is 44.9 Å². The molecule has 0 saturated heterocycles. The van der Waals surface area contributed by atoms with Gasteiger partial charge in [-0.15, -0.1) is 0 Å². The largest absolute Gasteiger partial charge is 0.300 e. The highest BCUT2D eigenvalue weighted by atomic mass is 16.1. The molecule has 0 aromatic carbocycles. The van der Waals surface area contributed by atoms with E-state index in [1.807, 2.05) is 0 Å². The number of carbonyl (C=O) groups is 1. The summed E-state index contributed by atoms with van der Waals surface area (Å²) in [4.78, 5) is 10.9. The Bertz CT molecular complexity index is 287. The van der Waals surface area contributed by atoms with Gasteiger partial charge in [-0.3, -0.25) is 0 Å². The average molecular weight is 311 g/mol. The van der Waals surface area contributed by atoms with Crippen LogP contribution >= 0.6 is 0 Å². The van der Waals surface area contributed by atoms with Crippen molar-refractivity contribution in [2.45, 2.75) is 106 Å². The molecule has 0 aromatic rings. The number of carbonyl (C=O) groups excluding carboxylic acids is 1. The van der Waals surface area contributed by atoms with Gasteiger partial charge in [0.15, 0.2) is 0 Å². The van der Waals surface area contributed by atoms with Gasteiger partial charge in [-0.05, 0) is 36.5 Å². The van der Waals surface area contributed by atoms with Gasteiger partial charge in [0.05, 0.1) is 0 Å². The van der Waals surface area contributed by atoms with Crippen molar-refractivity contribution in [2.75, 3.05) is 0 Å². The summed E-state index contributed by atoms with van der Waals surface area (Å²) >= 11 is 0. The van der Waals surface area contributed by atoms with E-state index in [0.717, 1.165) is 30.6 Å². The molecule has 0 aliphatic heterocycles. The summed E-state index contributed by atoms with van der Waals surface area (Å²) in [6.07, 6.45) is 11.3. The summed E-state index contributed by atoms with van der Waals surface area (Å²) in [5.74, 6) is 2.82. The first-order chi connectivity index (χ1) is 10.1. The van der Waals surface area contributed by atoms with Crippen molar-refractivity contribution in [1.29, 1.82) is 0 Å². The van der Waals surface area contributed by atoms with E-state index in [-0.39, 0.29) is 0 Å². The van der Waals surface area contributed by atoms with Gasteiger partial charge in [-0.2, -0.15) is 0 Å². The normalized spacial score (nSPS) is 16.3. The Kier molecular flexibility index (Phi) is 11.1. The predicted octanol–water partition coefficient (Wildman–Crippen LogP) is 7.04. The Labute approximate surface area is 140 Å². The summed E-state index contributed by atoms with van der Waals surface area (Å²) in [5.41, 5.74) is 0.457. The topological polar surface area (TPSA) is 17.1 Å². The van der Waals surface area contributed by atoms with E-state index in [1.54, 1.807) is 6.92 Å². The van der Waals surface area contributed by atoms with Gasteiger partial charge < -0.3 is 4.79 Å². The molecule has 0 radical (unpaired) electrons. The zero-order valence-corrected chi connectivity index (χ0v) is 16.5. The lowest BCUT2D eigenvalue weighted by atomic mass is 9.78. The Morgan fingerprint density at radius 1 is 0.773 bits per heavy atom. The molecule has 0 bridgehead atoms. The molecule has 3 atom stereocenters. The van der Waals surface area contributed by atoms with Crippen LogP contribution in [0.15, 0.2) is 0 Å². The Morgan fingerprint density at radius 2 is 1.18 bits per heavy atom. The SMILES string of the molecule is CC(=O)CCCC(C)CCCC(C)CCCC(C)C(C)(C)C. The van der Waals surface area contributed by atoms with Crippen LogP contribution in [-0.2, 0) is 4.79 Å². The molecular weight excluding hydrogens is 268 g/mol. The minimum absolute atomic E-state index is 0.338. The minimum atomic E-state index is 0.338. The van der Waals surface area contributed by atoms with Crippen molar-refractivity contribution >= 4 is 5.78 Å². The molecule has 0 amide bonds. The highest BCUT2D eigenvalue weighted by molar-refractivity contribution is 5.75. The van der Waals surface area contributed by atoms with Crippen molar-refractivity contribution in [2.24, 2.45) is 23.2 Å². The number of ketones is 1. The molecule has 3 unspecified atom stereocenters. The van der Waals surface area contributed by atoms with Crippen LogP contribution in [-0.4, -0.2) is 5.78 Å². The molecule has 0 N–H and O–H groups in total. The van der Waals surface area contributed by atoms with E-state index in [9.17, 15) is 4.79 Å². The molecule has 132 valence electrons. The molecule has 1 nitrogen and oxygen atoms in total.